The average molecular weight is 388 g/mol. The van der Waals surface area contributed by atoms with E-state index in [0.29, 0.717) is 24.2 Å². The third kappa shape index (κ3) is 3.77. The fraction of sp³-hybridized carbons (Fsp3) is 0.333. The quantitative estimate of drug-likeness (QED) is 0.746. The number of anilines is 1. The Morgan fingerprint density at radius 3 is 2.00 bits per heavy atom. The third-order valence-corrected chi connectivity index (χ3v) is 5.67. The number of rotatable bonds is 3. The molecule has 29 heavy (non-hydrogen) atoms. The Bertz CT molecular complexity index is 960. The molecule has 148 valence electrons. The summed E-state index contributed by atoms with van der Waals surface area (Å²) < 4.78 is 0. The van der Waals surface area contributed by atoms with Crippen molar-refractivity contribution < 1.29 is 14.4 Å². The van der Waals surface area contributed by atoms with Gasteiger partial charge in [-0.15, -0.1) is 0 Å². The summed E-state index contributed by atoms with van der Waals surface area (Å²) in [5.74, 6) is -2.17. The summed E-state index contributed by atoms with van der Waals surface area (Å²) in [6, 6.07) is 18.8. The van der Waals surface area contributed by atoms with Gasteiger partial charge in [-0.3, -0.25) is 14.4 Å². The normalized spacial score (nSPS) is 22.6. The zero-order chi connectivity index (χ0) is 20.6. The van der Waals surface area contributed by atoms with Gasteiger partial charge in [0.25, 0.3) is 5.91 Å². The lowest BCUT2D eigenvalue weighted by Gasteiger charge is -2.38. The maximum atomic E-state index is 13.4. The zero-order valence-electron chi connectivity index (χ0n) is 16.7. The predicted octanol–water partition coefficient (Wildman–Crippen LogP) is 4.02. The fourth-order valence-corrected chi connectivity index (χ4v) is 4.34. The first-order valence-electron chi connectivity index (χ1n) is 9.93. The Kier molecular flexibility index (Phi) is 4.91. The molecule has 0 aromatic heterocycles. The van der Waals surface area contributed by atoms with Crippen molar-refractivity contribution in [1.82, 2.24) is 0 Å². The van der Waals surface area contributed by atoms with Gasteiger partial charge in [-0.1, -0.05) is 62.4 Å². The number of carbonyl (C=O) groups excluding carboxylic acids is 3. The van der Waals surface area contributed by atoms with E-state index in [-0.39, 0.29) is 29.3 Å². The first kappa shape index (κ1) is 19.2. The number of nitrogens with zero attached hydrogens (tertiary/aromatic N) is 2. The van der Waals surface area contributed by atoms with Crippen LogP contribution in [0.5, 0.6) is 0 Å². The van der Waals surface area contributed by atoms with Gasteiger partial charge < -0.3 is 0 Å². The molecule has 1 aliphatic carbocycles. The average Bonchev–Trinajstić information content (AvgIpc) is 2.69. The van der Waals surface area contributed by atoms with E-state index in [2.05, 4.69) is 5.10 Å². The van der Waals surface area contributed by atoms with Crippen molar-refractivity contribution in [3.63, 3.8) is 0 Å². The van der Waals surface area contributed by atoms with Crippen LogP contribution in [0.2, 0.25) is 0 Å². The summed E-state index contributed by atoms with van der Waals surface area (Å²) in [5, 5.41) is 5.96. The van der Waals surface area contributed by atoms with Gasteiger partial charge in [0.2, 0.25) is 0 Å². The molecule has 1 saturated carbocycles. The first-order valence-corrected chi connectivity index (χ1v) is 9.93. The van der Waals surface area contributed by atoms with Crippen LogP contribution in [0, 0.1) is 17.3 Å². The van der Waals surface area contributed by atoms with Crippen molar-refractivity contribution in [2.45, 2.75) is 33.1 Å². The monoisotopic (exact) mass is 388 g/mol. The number of hydrazone groups is 1. The minimum Gasteiger partial charge on any atom is -0.299 e. The van der Waals surface area contributed by atoms with Crippen LogP contribution < -0.4 is 5.01 Å². The van der Waals surface area contributed by atoms with Crippen LogP contribution in [0.4, 0.5) is 5.69 Å². The summed E-state index contributed by atoms with van der Waals surface area (Å²) in [5.41, 5.74) is 1.89. The number of carbonyl (C=O) groups is 3. The molecular formula is C24H24N2O3. The van der Waals surface area contributed by atoms with Crippen LogP contribution in [0.25, 0.3) is 0 Å². The van der Waals surface area contributed by atoms with E-state index >= 15 is 0 Å². The maximum absolute atomic E-state index is 13.4. The molecule has 1 atom stereocenters. The van der Waals surface area contributed by atoms with Gasteiger partial charge in [0.05, 0.1) is 23.2 Å². The van der Waals surface area contributed by atoms with Crippen LogP contribution >= 0.6 is 0 Å². The largest absolute Gasteiger partial charge is 0.299 e. The molecule has 5 nitrogen and oxygen atoms in total. The highest BCUT2D eigenvalue weighted by molar-refractivity contribution is 6.15. The summed E-state index contributed by atoms with van der Waals surface area (Å²) in [6.45, 7) is 3.85. The lowest BCUT2D eigenvalue weighted by molar-refractivity contribution is -0.146. The molecule has 2 aromatic rings. The number of hydrogen-bond acceptors (Lipinski definition) is 4. The van der Waals surface area contributed by atoms with Crippen molar-refractivity contribution >= 4 is 28.9 Å². The topological polar surface area (TPSA) is 66.8 Å². The second-order valence-corrected chi connectivity index (χ2v) is 8.64. The van der Waals surface area contributed by atoms with Gasteiger partial charge in [0, 0.05) is 19.3 Å². The highest BCUT2D eigenvalue weighted by Crippen LogP contribution is 2.40. The van der Waals surface area contributed by atoms with E-state index < -0.39 is 11.8 Å². The van der Waals surface area contributed by atoms with Gasteiger partial charge >= 0.3 is 0 Å². The van der Waals surface area contributed by atoms with Crippen molar-refractivity contribution in [3.8, 4) is 0 Å². The fourth-order valence-electron chi connectivity index (χ4n) is 4.34. The van der Waals surface area contributed by atoms with Crippen LogP contribution in [-0.2, 0) is 14.4 Å². The molecular weight excluding hydrogens is 364 g/mol. The zero-order valence-corrected chi connectivity index (χ0v) is 16.7. The predicted molar refractivity (Wildman–Crippen MR) is 112 cm³/mol. The highest BCUT2D eigenvalue weighted by Gasteiger charge is 2.48. The SMILES string of the molecule is CC1(C)CC(=O)C(C2CC(c3ccccc3)=NN(c3ccccc3)C2=O)C(=O)C1. The Labute approximate surface area is 170 Å². The molecule has 4 rings (SSSR count). The lowest BCUT2D eigenvalue weighted by atomic mass is 9.66. The highest BCUT2D eigenvalue weighted by atomic mass is 16.2. The van der Waals surface area contributed by atoms with Crippen molar-refractivity contribution in [3.05, 3.63) is 66.2 Å². The molecule has 0 saturated heterocycles. The van der Waals surface area contributed by atoms with Crippen LogP contribution in [0.3, 0.4) is 0 Å². The number of ketones is 2. The van der Waals surface area contributed by atoms with Crippen molar-refractivity contribution in [1.29, 1.82) is 0 Å². The molecule has 5 heteroatoms. The van der Waals surface area contributed by atoms with Crippen LogP contribution in [0.1, 0.15) is 38.7 Å². The Morgan fingerprint density at radius 2 is 1.41 bits per heavy atom. The Balaban J connectivity index is 1.75. The van der Waals surface area contributed by atoms with E-state index in [4.69, 9.17) is 0 Å². The minimum atomic E-state index is -0.893. The molecule has 1 fully saturated rings. The van der Waals surface area contributed by atoms with Gasteiger partial charge in [-0.05, 0) is 23.1 Å². The van der Waals surface area contributed by atoms with E-state index in [1.807, 2.05) is 62.4 Å². The molecule has 0 spiro atoms. The molecule has 1 aliphatic heterocycles. The number of para-hydroxylation sites is 1. The summed E-state index contributed by atoms with van der Waals surface area (Å²) in [7, 11) is 0. The summed E-state index contributed by atoms with van der Waals surface area (Å²) >= 11 is 0. The molecule has 2 aliphatic rings. The van der Waals surface area contributed by atoms with Gasteiger partial charge in [-0.2, -0.15) is 5.10 Å². The van der Waals surface area contributed by atoms with Crippen LogP contribution in [0.15, 0.2) is 65.8 Å². The summed E-state index contributed by atoms with van der Waals surface area (Å²) in [4.78, 5) is 39.2. The number of benzene rings is 2. The molecule has 0 radical (unpaired) electrons. The van der Waals surface area contributed by atoms with Crippen LogP contribution in [-0.4, -0.2) is 23.2 Å². The Hall–Kier alpha value is -3.08. The second-order valence-electron chi connectivity index (χ2n) is 8.64. The van der Waals surface area contributed by atoms with E-state index in [1.54, 1.807) is 12.1 Å². The lowest BCUT2D eigenvalue weighted by Crippen LogP contribution is -2.49. The molecule has 1 heterocycles. The second kappa shape index (κ2) is 7.39. The number of amides is 1. The van der Waals surface area contributed by atoms with E-state index in [1.165, 1.54) is 5.01 Å². The van der Waals surface area contributed by atoms with Crippen molar-refractivity contribution in [2.75, 3.05) is 5.01 Å². The smallest absolute Gasteiger partial charge is 0.252 e. The van der Waals surface area contributed by atoms with Gasteiger partial charge in [0.1, 0.15) is 11.6 Å². The van der Waals surface area contributed by atoms with E-state index in [9.17, 15) is 14.4 Å². The Morgan fingerprint density at radius 1 is 0.862 bits per heavy atom. The maximum Gasteiger partial charge on any atom is 0.252 e. The third-order valence-electron chi connectivity index (χ3n) is 5.67. The molecule has 0 N–H and O–H groups in total. The molecule has 2 aromatic carbocycles. The standard InChI is InChI=1S/C24H24N2O3/c1-24(2)14-20(27)22(21(28)15-24)18-13-19(16-9-5-3-6-10-16)25-26(23(18)29)17-11-7-4-8-12-17/h3-12,18,22H,13-15H2,1-2H3. The first-order chi connectivity index (χ1) is 13.9. The van der Waals surface area contributed by atoms with Gasteiger partial charge in [-0.25, -0.2) is 5.01 Å². The van der Waals surface area contributed by atoms with E-state index in [0.717, 1.165) is 5.56 Å². The summed E-state index contributed by atoms with van der Waals surface area (Å²) in [6.07, 6.45) is 0.918. The number of hydrogen-bond donors (Lipinski definition) is 0. The van der Waals surface area contributed by atoms with Gasteiger partial charge in [0.15, 0.2) is 0 Å². The molecule has 1 unspecified atom stereocenters. The minimum absolute atomic E-state index is 0.132. The molecule has 1 amide bonds. The number of Topliss-reactive ketones (excluding diaryl/α,β-unsaturated/α-hetero) is 2. The molecule has 0 bridgehead atoms. The van der Waals surface area contributed by atoms with Crippen molar-refractivity contribution in [2.24, 2.45) is 22.4 Å².